The van der Waals surface area contributed by atoms with Crippen LogP contribution in [0.15, 0.2) is 60.8 Å². The first-order valence-electron chi connectivity index (χ1n) is 10.4. The number of methoxy groups -OCH3 is 1. The van der Waals surface area contributed by atoms with Crippen molar-refractivity contribution in [2.24, 2.45) is 0 Å². The van der Waals surface area contributed by atoms with Crippen LogP contribution in [0.4, 0.5) is 5.69 Å². The Kier molecular flexibility index (Phi) is 5.69. The second kappa shape index (κ2) is 8.91. The van der Waals surface area contributed by atoms with Crippen molar-refractivity contribution in [2.75, 3.05) is 25.5 Å². The van der Waals surface area contributed by atoms with Crippen molar-refractivity contribution in [2.45, 2.75) is 18.9 Å². The summed E-state index contributed by atoms with van der Waals surface area (Å²) in [5.41, 5.74) is 0.786. The van der Waals surface area contributed by atoms with E-state index in [0.29, 0.717) is 23.5 Å². The van der Waals surface area contributed by atoms with E-state index in [1.165, 1.54) is 22.9 Å². The van der Waals surface area contributed by atoms with Gasteiger partial charge in [-0.2, -0.15) is 4.98 Å². The molecule has 1 aliphatic heterocycles. The van der Waals surface area contributed by atoms with E-state index in [9.17, 15) is 0 Å². The predicted octanol–water partition coefficient (Wildman–Crippen LogP) is 5.32. The van der Waals surface area contributed by atoms with Crippen LogP contribution < -0.4 is 20.1 Å². The van der Waals surface area contributed by atoms with Crippen molar-refractivity contribution in [1.29, 1.82) is 0 Å². The van der Waals surface area contributed by atoms with E-state index in [1.54, 1.807) is 18.4 Å². The molecule has 1 saturated heterocycles. The minimum atomic E-state index is 0.455. The fourth-order valence-corrected chi connectivity index (χ4v) is 4.70. The average molecular weight is 433 g/mol. The summed E-state index contributed by atoms with van der Waals surface area (Å²) in [6.45, 7) is 1.88. The van der Waals surface area contributed by atoms with Gasteiger partial charge in [-0.15, -0.1) is 11.3 Å². The Balaban J connectivity index is 1.45. The fourth-order valence-electron chi connectivity index (χ4n) is 3.70. The molecule has 5 rings (SSSR count). The molecule has 0 bridgehead atoms. The Morgan fingerprint density at radius 3 is 2.74 bits per heavy atom. The molecule has 158 valence electrons. The van der Waals surface area contributed by atoms with Gasteiger partial charge in [-0.3, -0.25) is 0 Å². The molecule has 1 atom stereocenters. The maximum Gasteiger partial charge on any atom is 0.246 e. The van der Waals surface area contributed by atoms with Gasteiger partial charge >= 0.3 is 0 Å². The molecule has 1 fully saturated rings. The Morgan fingerprint density at radius 2 is 1.97 bits per heavy atom. The highest BCUT2D eigenvalue weighted by Gasteiger charge is 2.17. The molecular weight excluding hydrogens is 408 g/mol. The molecule has 2 aromatic heterocycles. The highest BCUT2D eigenvalue weighted by atomic mass is 32.1. The van der Waals surface area contributed by atoms with Gasteiger partial charge in [-0.1, -0.05) is 18.2 Å². The quantitative estimate of drug-likeness (QED) is 0.412. The van der Waals surface area contributed by atoms with E-state index >= 15 is 0 Å². The summed E-state index contributed by atoms with van der Waals surface area (Å²) in [5.74, 6) is 2.66. The first-order valence-corrected chi connectivity index (χ1v) is 11.3. The molecule has 0 unspecified atom stereocenters. The Labute approximate surface area is 185 Å². The van der Waals surface area contributed by atoms with Crippen LogP contribution in [0.3, 0.4) is 0 Å². The lowest BCUT2D eigenvalue weighted by molar-refractivity contribution is 0.412. The molecule has 0 spiro atoms. The van der Waals surface area contributed by atoms with Gasteiger partial charge < -0.3 is 20.1 Å². The molecule has 0 aliphatic carbocycles. The summed E-state index contributed by atoms with van der Waals surface area (Å²) in [6, 6.07) is 18.4. The molecule has 1 aliphatic rings. The number of hydrogen-bond donors (Lipinski definition) is 2. The highest BCUT2D eigenvalue weighted by Crippen LogP contribution is 2.35. The minimum Gasteiger partial charge on any atom is -0.497 e. The SMILES string of the molecule is COc1ccc(Oc2nc(-c3cc4ccccc4s3)ncc2NC[C@@H]2CCCN2)cc1. The number of nitrogens with one attached hydrogen (secondary N) is 2. The zero-order valence-corrected chi connectivity index (χ0v) is 18.1. The lowest BCUT2D eigenvalue weighted by Gasteiger charge is -2.15. The normalized spacial score (nSPS) is 15.8. The van der Waals surface area contributed by atoms with E-state index in [2.05, 4.69) is 33.8 Å². The first kappa shape index (κ1) is 19.8. The van der Waals surface area contributed by atoms with Gasteiger partial charge in [0.15, 0.2) is 5.82 Å². The molecule has 7 heteroatoms. The third kappa shape index (κ3) is 4.47. The molecular formula is C24H24N4O2S. The van der Waals surface area contributed by atoms with Crippen LogP contribution >= 0.6 is 11.3 Å². The zero-order valence-electron chi connectivity index (χ0n) is 17.3. The molecule has 31 heavy (non-hydrogen) atoms. The molecule has 0 radical (unpaired) electrons. The second-order valence-corrected chi connectivity index (χ2v) is 8.60. The lowest BCUT2D eigenvalue weighted by atomic mass is 10.2. The first-order chi connectivity index (χ1) is 15.3. The van der Waals surface area contributed by atoms with Gasteiger partial charge in [0.2, 0.25) is 5.88 Å². The van der Waals surface area contributed by atoms with Gasteiger partial charge in [0.25, 0.3) is 0 Å². The summed E-state index contributed by atoms with van der Waals surface area (Å²) in [5, 5.41) is 8.17. The number of benzene rings is 2. The van der Waals surface area contributed by atoms with Crippen LogP contribution in [0.25, 0.3) is 20.8 Å². The third-order valence-electron chi connectivity index (χ3n) is 5.37. The maximum atomic E-state index is 6.18. The maximum absolute atomic E-state index is 6.18. The Morgan fingerprint density at radius 1 is 1.13 bits per heavy atom. The number of fused-ring (bicyclic) bond motifs is 1. The second-order valence-electron chi connectivity index (χ2n) is 7.51. The minimum absolute atomic E-state index is 0.455. The number of thiophene rings is 1. The Bertz CT molecular complexity index is 1140. The summed E-state index contributed by atoms with van der Waals surface area (Å²) >= 11 is 1.68. The summed E-state index contributed by atoms with van der Waals surface area (Å²) < 4.78 is 12.6. The van der Waals surface area contributed by atoms with Crippen LogP contribution in [0, 0.1) is 0 Å². The summed E-state index contributed by atoms with van der Waals surface area (Å²) in [6.07, 6.45) is 4.20. The van der Waals surface area contributed by atoms with Crippen molar-refractivity contribution in [3.05, 3.63) is 60.8 Å². The number of rotatable bonds is 7. The van der Waals surface area contributed by atoms with Gasteiger partial charge in [0, 0.05) is 17.3 Å². The number of nitrogens with zero attached hydrogens (tertiary/aromatic N) is 2. The molecule has 3 heterocycles. The van der Waals surface area contributed by atoms with Gasteiger partial charge in [-0.05, 0) is 61.2 Å². The van der Waals surface area contributed by atoms with E-state index in [1.807, 2.05) is 42.6 Å². The van der Waals surface area contributed by atoms with Crippen LogP contribution in [-0.4, -0.2) is 36.2 Å². The third-order valence-corrected chi connectivity index (χ3v) is 6.49. The van der Waals surface area contributed by atoms with Gasteiger partial charge in [-0.25, -0.2) is 4.98 Å². The molecule has 0 amide bonds. The number of aromatic nitrogens is 2. The summed E-state index contributed by atoms with van der Waals surface area (Å²) in [7, 11) is 1.65. The van der Waals surface area contributed by atoms with E-state index < -0.39 is 0 Å². The molecule has 0 saturated carbocycles. The molecule has 6 nitrogen and oxygen atoms in total. The van der Waals surface area contributed by atoms with Crippen LogP contribution in [0.5, 0.6) is 17.4 Å². The lowest BCUT2D eigenvalue weighted by Crippen LogP contribution is -2.29. The smallest absolute Gasteiger partial charge is 0.246 e. The van der Waals surface area contributed by atoms with Crippen molar-refractivity contribution < 1.29 is 9.47 Å². The topological polar surface area (TPSA) is 68.3 Å². The predicted molar refractivity (Wildman–Crippen MR) is 125 cm³/mol. The monoisotopic (exact) mass is 432 g/mol. The number of hydrogen-bond acceptors (Lipinski definition) is 7. The van der Waals surface area contributed by atoms with Crippen molar-refractivity contribution in [3.63, 3.8) is 0 Å². The van der Waals surface area contributed by atoms with Crippen LogP contribution in [0.2, 0.25) is 0 Å². The molecule has 2 N–H and O–H groups in total. The van der Waals surface area contributed by atoms with E-state index in [4.69, 9.17) is 14.5 Å². The Hall–Kier alpha value is -3.16. The zero-order chi connectivity index (χ0) is 21.0. The summed E-state index contributed by atoms with van der Waals surface area (Å²) in [4.78, 5) is 10.4. The number of anilines is 1. The van der Waals surface area contributed by atoms with Gasteiger partial charge in [0.05, 0.1) is 18.2 Å². The largest absolute Gasteiger partial charge is 0.497 e. The van der Waals surface area contributed by atoms with Crippen LogP contribution in [0.1, 0.15) is 12.8 Å². The van der Waals surface area contributed by atoms with E-state index in [-0.39, 0.29) is 0 Å². The van der Waals surface area contributed by atoms with E-state index in [0.717, 1.165) is 29.4 Å². The number of ether oxygens (including phenoxy) is 2. The average Bonchev–Trinajstić information content (AvgIpc) is 3.48. The van der Waals surface area contributed by atoms with Crippen LogP contribution in [-0.2, 0) is 0 Å². The van der Waals surface area contributed by atoms with Crippen molar-refractivity contribution >= 4 is 27.1 Å². The highest BCUT2D eigenvalue weighted by molar-refractivity contribution is 7.22. The molecule has 2 aromatic carbocycles. The molecule has 4 aromatic rings. The standard InChI is InChI=1S/C24H24N4O2S/c1-29-18-8-10-19(11-9-18)30-24-20(26-14-17-6-4-12-25-17)15-27-23(28-24)22-13-16-5-2-3-7-21(16)31-22/h2-3,5,7-11,13,15,17,25-26H,4,6,12,14H2,1H3/t17-/m0/s1. The van der Waals surface area contributed by atoms with Gasteiger partial charge in [0.1, 0.15) is 17.2 Å². The fraction of sp³-hybridized carbons (Fsp3) is 0.250. The van der Waals surface area contributed by atoms with Crippen molar-refractivity contribution in [1.82, 2.24) is 15.3 Å². The van der Waals surface area contributed by atoms with Crippen molar-refractivity contribution in [3.8, 4) is 28.1 Å².